The van der Waals surface area contributed by atoms with Gasteiger partial charge in [0.25, 0.3) is 0 Å². The first-order valence-corrected chi connectivity index (χ1v) is 12.1. The van der Waals surface area contributed by atoms with Crippen molar-refractivity contribution in [2.75, 3.05) is 19.7 Å². The molecule has 2 aromatic rings. The van der Waals surface area contributed by atoms with Gasteiger partial charge >= 0.3 is 12.1 Å². The molecule has 7 nitrogen and oxygen atoms in total. The highest BCUT2D eigenvalue weighted by atomic mass is 16.5. The van der Waals surface area contributed by atoms with Crippen molar-refractivity contribution in [2.24, 2.45) is 17.8 Å². The molecule has 3 aliphatic carbocycles. The molecular formula is C27H28N2O5. The standard InChI is InChI=1S/C27H28N2O5/c30-24(31)23-20-10-13-29(14-21(20)23)25(32)27(11-5-12-27)28-26(33)34-15-22-18-8-3-1-6-16(18)17-7-2-4-9-19(17)22/h1-4,6-9,20-23H,5,10-15H2,(H,28,33)(H,30,31)/t20-,21+,23?/m1/s1. The zero-order chi connectivity index (χ0) is 23.4. The number of carboxylic acids is 1. The molecule has 0 spiro atoms. The predicted octanol–water partition coefficient (Wildman–Crippen LogP) is 3.63. The molecule has 1 unspecified atom stereocenters. The normalized spacial score (nSPS) is 25.9. The number of nitrogens with zero attached hydrogens (tertiary/aromatic N) is 1. The third kappa shape index (κ3) is 3.29. The van der Waals surface area contributed by atoms with Crippen LogP contribution in [0.5, 0.6) is 0 Å². The monoisotopic (exact) mass is 460 g/mol. The SMILES string of the molecule is O=C(NC1(C(=O)N2CC[C@H]3C(C(=O)O)[C@H]3C2)CCC1)OCC1c2ccccc2-c2ccccc21. The number of alkyl carbamates (subject to hydrolysis) is 1. The molecule has 1 saturated heterocycles. The van der Waals surface area contributed by atoms with E-state index in [1.165, 1.54) is 11.1 Å². The summed E-state index contributed by atoms with van der Waals surface area (Å²) in [5.41, 5.74) is 3.70. The molecular weight excluding hydrogens is 432 g/mol. The Hall–Kier alpha value is -3.35. The van der Waals surface area contributed by atoms with Gasteiger partial charge in [0.2, 0.25) is 5.91 Å². The number of aliphatic carboxylic acids is 1. The van der Waals surface area contributed by atoms with Crippen LogP contribution in [0, 0.1) is 17.8 Å². The number of rotatable bonds is 5. The number of piperidine rings is 1. The molecule has 1 aliphatic heterocycles. The summed E-state index contributed by atoms with van der Waals surface area (Å²) in [5.74, 6) is -0.991. The number of hydrogen-bond donors (Lipinski definition) is 2. The lowest BCUT2D eigenvalue weighted by molar-refractivity contribution is -0.143. The molecule has 4 aliphatic rings. The number of ether oxygens (including phenoxy) is 1. The van der Waals surface area contributed by atoms with Crippen molar-refractivity contribution < 1.29 is 24.2 Å². The van der Waals surface area contributed by atoms with E-state index in [0.29, 0.717) is 32.4 Å². The summed E-state index contributed by atoms with van der Waals surface area (Å²) in [5, 5.41) is 12.2. The second-order valence-electron chi connectivity index (χ2n) is 10.1. The van der Waals surface area contributed by atoms with Gasteiger partial charge < -0.3 is 20.1 Å². The van der Waals surface area contributed by atoms with E-state index in [2.05, 4.69) is 29.6 Å². The number of hydrogen-bond acceptors (Lipinski definition) is 4. The van der Waals surface area contributed by atoms with E-state index in [0.717, 1.165) is 17.5 Å². The number of likely N-dealkylation sites (tertiary alicyclic amines) is 1. The summed E-state index contributed by atoms with van der Waals surface area (Å²) in [6.45, 7) is 1.23. The van der Waals surface area contributed by atoms with Crippen LogP contribution in [0.3, 0.4) is 0 Å². The minimum absolute atomic E-state index is 0.0342. The van der Waals surface area contributed by atoms with Crippen molar-refractivity contribution in [3.8, 4) is 11.1 Å². The number of amides is 2. The van der Waals surface area contributed by atoms with E-state index in [-0.39, 0.29) is 36.2 Å². The van der Waals surface area contributed by atoms with Gasteiger partial charge in [-0.2, -0.15) is 0 Å². The van der Waals surface area contributed by atoms with E-state index in [9.17, 15) is 19.5 Å². The quantitative estimate of drug-likeness (QED) is 0.711. The maximum atomic E-state index is 13.4. The molecule has 1 heterocycles. The lowest BCUT2D eigenvalue weighted by Crippen LogP contribution is -2.64. The maximum absolute atomic E-state index is 13.4. The minimum Gasteiger partial charge on any atom is -0.481 e. The molecule has 0 bridgehead atoms. The van der Waals surface area contributed by atoms with Crippen molar-refractivity contribution in [2.45, 2.75) is 37.1 Å². The van der Waals surface area contributed by atoms with Crippen LogP contribution in [0.4, 0.5) is 4.79 Å². The summed E-state index contributed by atoms with van der Waals surface area (Å²) in [4.78, 5) is 39.4. The Kier molecular flexibility index (Phi) is 4.90. The second kappa shape index (κ2) is 7.86. The van der Waals surface area contributed by atoms with Crippen LogP contribution in [0.2, 0.25) is 0 Å². The predicted molar refractivity (Wildman–Crippen MR) is 124 cm³/mol. The molecule has 2 amide bonds. The zero-order valence-corrected chi connectivity index (χ0v) is 18.9. The molecule has 0 radical (unpaired) electrons. The Morgan fingerprint density at radius 3 is 2.24 bits per heavy atom. The smallest absolute Gasteiger partial charge is 0.408 e. The molecule has 34 heavy (non-hydrogen) atoms. The molecule has 176 valence electrons. The van der Waals surface area contributed by atoms with Gasteiger partial charge in [-0.05, 0) is 59.8 Å². The Morgan fingerprint density at radius 1 is 1.00 bits per heavy atom. The minimum atomic E-state index is -0.928. The first-order valence-electron chi connectivity index (χ1n) is 12.1. The third-order valence-corrected chi connectivity index (χ3v) is 8.37. The van der Waals surface area contributed by atoms with E-state index >= 15 is 0 Å². The lowest BCUT2D eigenvalue weighted by Gasteiger charge is -2.44. The Balaban J connectivity index is 1.11. The number of carboxylic acid groups (broad SMARTS) is 1. The van der Waals surface area contributed by atoms with Crippen LogP contribution in [-0.4, -0.2) is 53.2 Å². The fraction of sp³-hybridized carbons (Fsp3) is 0.444. The Bertz CT molecular complexity index is 1130. The van der Waals surface area contributed by atoms with Crippen LogP contribution >= 0.6 is 0 Å². The topological polar surface area (TPSA) is 95.9 Å². The van der Waals surface area contributed by atoms with Crippen molar-refractivity contribution in [1.29, 1.82) is 0 Å². The zero-order valence-electron chi connectivity index (χ0n) is 18.9. The third-order valence-electron chi connectivity index (χ3n) is 8.37. The van der Waals surface area contributed by atoms with Gasteiger partial charge in [-0.1, -0.05) is 48.5 Å². The average molecular weight is 461 g/mol. The van der Waals surface area contributed by atoms with Gasteiger partial charge in [0, 0.05) is 19.0 Å². The van der Waals surface area contributed by atoms with Crippen LogP contribution in [0.15, 0.2) is 48.5 Å². The molecule has 7 heteroatoms. The molecule has 2 saturated carbocycles. The first kappa shape index (κ1) is 21.2. The summed E-state index contributed by atoms with van der Waals surface area (Å²) in [6, 6.07) is 16.4. The summed E-state index contributed by atoms with van der Waals surface area (Å²) >= 11 is 0. The number of nitrogens with one attached hydrogen (secondary N) is 1. The van der Waals surface area contributed by atoms with Gasteiger partial charge in [0.05, 0.1) is 5.92 Å². The van der Waals surface area contributed by atoms with E-state index in [4.69, 9.17) is 4.74 Å². The van der Waals surface area contributed by atoms with Crippen LogP contribution < -0.4 is 5.32 Å². The number of benzene rings is 2. The number of carbonyl (C=O) groups excluding carboxylic acids is 2. The van der Waals surface area contributed by atoms with Gasteiger partial charge in [-0.15, -0.1) is 0 Å². The second-order valence-corrected chi connectivity index (χ2v) is 10.1. The molecule has 2 N–H and O–H groups in total. The largest absolute Gasteiger partial charge is 0.481 e. The van der Waals surface area contributed by atoms with Crippen molar-refractivity contribution >= 4 is 18.0 Å². The molecule has 0 aromatic heterocycles. The van der Waals surface area contributed by atoms with Crippen molar-refractivity contribution in [1.82, 2.24) is 10.2 Å². The van der Waals surface area contributed by atoms with Crippen molar-refractivity contribution in [3.63, 3.8) is 0 Å². The molecule has 3 fully saturated rings. The summed E-state index contributed by atoms with van der Waals surface area (Å²) in [6.07, 6.45) is 2.19. The summed E-state index contributed by atoms with van der Waals surface area (Å²) in [7, 11) is 0. The van der Waals surface area contributed by atoms with Gasteiger partial charge in [0.15, 0.2) is 0 Å². The lowest BCUT2D eigenvalue weighted by atomic mass is 9.75. The molecule has 3 atom stereocenters. The van der Waals surface area contributed by atoms with Gasteiger partial charge in [-0.3, -0.25) is 9.59 Å². The van der Waals surface area contributed by atoms with Gasteiger partial charge in [0.1, 0.15) is 12.1 Å². The average Bonchev–Trinajstić information content (AvgIpc) is 3.47. The molecule has 6 rings (SSSR count). The maximum Gasteiger partial charge on any atom is 0.408 e. The Labute approximate surface area is 198 Å². The number of carbonyl (C=O) groups is 3. The molecule has 2 aromatic carbocycles. The van der Waals surface area contributed by atoms with E-state index in [1.54, 1.807) is 4.90 Å². The van der Waals surface area contributed by atoms with E-state index in [1.807, 2.05) is 24.3 Å². The highest BCUT2D eigenvalue weighted by Gasteiger charge is 2.59. The van der Waals surface area contributed by atoms with Crippen LogP contribution in [0.25, 0.3) is 11.1 Å². The Morgan fingerprint density at radius 2 is 1.65 bits per heavy atom. The van der Waals surface area contributed by atoms with Gasteiger partial charge in [-0.25, -0.2) is 4.79 Å². The summed E-state index contributed by atoms with van der Waals surface area (Å²) < 4.78 is 5.69. The highest BCUT2D eigenvalue weighted by Crippen LogP contribution is 2.52. The fourth-order valence-corrected chi connectivity index (χ4v) is 6.34. The highest BCUT2D eigenvalue weighted by molar-refractivity contribution is 5.91. The first-order chi connectivity index (χ1) is 16.5. The fourth-order valence-electron chi connectivity index (χ4n) is 6.34. The van der Waals surface area contributed by atoms with Crippen LogP contribution in [0.1, 0.15) is 42.7 Å². The number of fused-ring (bicyclic) bond motifs is 4. The van der Waals surface area contributed by atoms with Crippen molar-refractivity contribution in [3.05, 3.63) is 59.7 Å². The van der Waals surface area contributed by atoms with E-state index < -0.39 is 17.6 Å². The van der Waals surface area contributed by atoms with Crippen LogP contribution in [-0.2, 0) is 14.3 Å².